The van der Waals surface area contributed by atoms with Gasteiger partial charge < -0.3 is 49.0 Å². The SMILES string of the molecule is N.N.NCCN.O=C(O)O.O=C([O-])[O-].[Ca+2]. The molecular formula is C4H16CaN4O6. The normalized spacial score (nSPS) is 5.20. The summed E-state index contributed by atoms with van der Waals surface area (Å²) in [7, 11) is 0. The van der Waals surface area contributed by atoms with Gasteiger partial charge in [-0.1, -0.05) is 0 Å². The van der Waals surface area contributed by atoms with Crippen LogP contribution in [0.25, 0.3) is 0 Å². The molecular weight excluding hydrogens is 240 g/mol. The van der Waals surface area contributed by atoms with Crippen LogP contribution in [0.4, 0.5) is 9.59 Å². The van der Waals surface area contributed by atoms with Gasteiger partial charge in [-0.2, -0.15) is 0 Å². The molecule has 11 heteroatoms. The van der Waals surface area contributed by atoms with Crippen LogP contribution in [0.3, 0.4) is 0 Å². The zero-order valence-electron chi connectivity index (χ0n) is 8.22. The van der Waals surface area contributed by atoms with E-state index in [1.165, 1.54) is 0 Å². The van der Waals surface area contributed by atoms with Crippen molar-refractivity contribution in [2.24, 2.45) is 11.5 Å². The fourth-order valence-corrected chi connectivity index (χ4v) is 0. The summed E-state index contributed by atoms with van der Waals surface area (Å²) in [5.74, 6) is 0. The van der Waals surface area contributed by atoms with Crippen LogP contribution in [0.1, 0.15) is 0 Å². The molecule has 0 radical (unpaired) electrons. The molecule has 0 aromatic carbocycles. The van der Waals surface area contributed by atoms with Gasteiger partial charge in [-0.05, 0) is 6.16 Å². The van der Waals surface area contributed by atoms with E-state index in [0.717, 1.165) is 0 Å². The minimum atomic E-state index is -2.33. The van der Waals surface area contributed by atoms with E-state index in [9.17, 15) is 0 Å². The summed E-state index contributed by atoms with van der Waals surface area (Å²) < 4.78 is 0. The Morgan fingerprint density at radius 1 is 1.00 bits per heavy atom. The molecule has 0 aliphatic carbocycles. The Balaban J connectivity index is -0.0000000184. The van der Waals surface area contributed by atoms with Crippen molar-refractivity contribution in [2.45, 2.75) is 0 Å². The summed E-state index contributed by atoms with van der Waals surface area (Å²) in [5.41, 5.74) is 9.81. The monoisotopic (exact) mass is 256 g/mol. The first-order chi connectivity index (χ1) is 5.38. The van der Waals surface area contributed by atoms with Crippen LogP contribution >= 0.6 is 0 Å². The Hall–Kier alpha value is -0.360. The molecule has 0 saturated heterocycles. The number of carboxylic acid groups (broad SMARTS) is 4. The van der Waals surface area contributed by atoms with E-state index in [1.54, 1.807) is 0 Å². The molecule has 0 heterocycles. The molecule has 10 nitrogen and oxygen atoms in total. The molecule has 0 fully saturated rings. The van der Waals surface area contributed by atoms with E-state index in [1.807, 2.05) is 0 Å². The summed E-state index contributed by atoms with van der Waals surface area (Å²) in [6, 6.07) is 0. The number of carbonyl (C=O) groups excluding carboxylic acids is 1. The van der Waals surface area contributed by atoms with E-state index in [0.29, 0.717) is 13.1 Å². The average molecular weight is 256 g/mol. The van der Waals surface area contributed by atoms with E-state index in [-0.39, 0.29) is 50.0 Å². The maximum atomic E-state index is 8.56. The quantitative estimate of drug-likeness (QED) is 0.254. The summed E-state index contributed by atoms with van der Waals surface area (Å²) >= 11 is 0. The second kappa shape index (κ2) is 37.3. The average Bonchev–Trinajstić information content (AvgIpc) is 1.85. The molecule has 0 aromatic heterocycles. The van der Waals surface area contributed by atoms with Crippen molar-refractivity contribution in [3.8, 4) is 0 Å². The van der Waals surface area contributed by atoms with E-state index < -0.39 is 12.3 Å². The van der Waals surface area contributed by atoms with Crippen molar-refractivity contribution in [1.82, 2.24) is 12.3 Å². The standard InChI is InChI=1S/C2H8N2.2CH2O3.Ca.2H3N/c3-1-2-4;2*2-1(3)4;;;/h1-4H2;2*(H2,2,3,4);;2*1H3/q;;;+2;;/p-2. The first kappa shape index (κ1) is 36.5. The molecule has 90 valence electrons. The Morgan fingerprint density at radius 2 is 1.07 bits per heavy atom. The van der Waals surface area contributed by atoms with Gasteiger partial charge in [0.25, 0.3) is 0 Å². The topological polar surface area (TPSA) is 243 Å². The minimum absolute atomic E-state index is 0. The van der Waals surface area contributed by atoms with Crippen LogP contribution in [0.15, 0.2) is 0 Å². The Labute approximate surface area is 116 Å². The second-order valence-electron chi connectivity index (χ2n) is 1.11. The fourth-order valence-electron chi connectivity index (χ4n) is 0. The molecule has 0 spiro atoms. The van der Waals surface area contributed by atoms with Crippen molar-refractivity contribution in [3.05, 3.63) is 0 Å². The van der Waals surface area contributed by atoms with Crippen molar-refractivity contribution < 1.29 is 30.0 Å². The molecule has 0 atom stereocenters. The molecule has 12 N–H and O–H groups in total. The summed E-state index contributed by atoms with van der Waals surface area (Å²) in [4.78, 5) is 16.9. The van der Waals surface area contributed by atoms with Crippen LogP contribution in [0.2, 0.25) is 0 Å². The van der Waals surface area contributed by atoms with Crippen LogP contribution in [0, 0.1) is 0 Å². The van der Waals surface area contributed by atoms with Gasteiger partial charge >= 0.3 is 43.9 Å². The first-order valence-electron chi connectivity index (χ1n) is 2.58. The minimum Gasteiger partial charge on any atom is -0.652 e. The third-order valence-electron chi connectivity index (χ3n) is 0.167. The third kappa shape index (κ3) is 4520. The van der Waals surface area contributed by atoms with E-state index in [2.05, 4.69) is 0 Å². The zero-order chi connectivity index (χ0) is 10.6. The molecule has 0 rings (SSSR count). The predicted molar refractivity (Wildman–Crippen MR) is 50.0 cm³/mol. The van der Waals surface area contributed by atoms with Gasteiger partial charge in [0.2, 0.25) is 0 Å². The van der Waals surface area contributed by atoms with Gasteiger partial charge in [-0.15, -0.1) is 0 Å². The molecule has 15 heavy (non-hydrogen) atoms. The van der Waals surface area contributed by atoms with Crippen molar-refractivity contribution in [1.29, 1.82) is 0 Å². The Morgan fingerprint density at radius 3 is 1.07 bits per heavy atom. The molecule has 0 aromatic rings. The summed E-state index contributed by atoms with van der Waals surface area (Å²) in [5, 5.41) is 30.6. The molecule has 0 saturated carbocycles. The number of rotatable bonds is 1. The number of hydrogen-bond acceptors (Lipinski definition) is 8. The van der Waals surface area contributed by atoms with Crippen LogP contribution < -0.4 is 34.0 Å². The summed E-state index contributed by atoms with van der Waals surface area (Å²) in [6.45, 7) is 1.19. The maximum absolute atomic E-state index is 8.56. The van der Waals surface area contributed by atoms with Gasteiger partial charge in [0, 0.05) is 13.1 Å². The predicted octanol–water partition coefficient (Wildman–Crippen LogP) is -3.38. The van der Waals surface area contributed by atoms with Gasteiger partial charge in [0.1, 0.15) is 0 Å². The number of hydrogen-bond donors (Lipinski definition) is 6. The summed E-state index contributed by atoms with van der Waals surface area (Å²) in [6.07, 6.45) is -4.17. The third-order valence-corrected chi connectivity index (χ3v) is 0.167. The molecule has 0 bridgehead atoms. The number of carbonyl (C=O) groups is 2. The number of nitrogens with two attached hydrogens (primary N) is 2. The van der Waals surface area contributed by atoms with Crippen molar-refractivity contribution in [2.75, 3.05) is 13.1 Å². The van der Waals surface area contributed by atoms with Crippen LogP contribution in [-0.2, 0) is 0 Å². The Kier molecular flexibility index (Phi) is 90.8. The van der Waals surface area contributed by atoms with Gasteiger partial charge in [0.05, 0.1) is 0 Å². The van der Waals surface area contributed by atoms with E-state index >= 15 is 0 Å². The van der Waals surface area contributed by atoms with Gasteiger partial charge in [0.15, 0.2) is 0 Å². The molecule has 0 aliphatic heterocycles. The van der Waals surface area contributed by atoms with Gasteiger partial charge in [-0.3, -0.25) is 0 Å². The van der Waals surface area contributed by atoms with Crippen LogP contribution in [0.5, 0.6) is 0 Å². The van der Waals surface area contributed by atoms with Gasteiger partial charge in [-0.25, -0.2) is 4.79 Å². The fraction of sp³-hybridized carbons (Fsp3) is 0.500. The smallest absolute Gasteiger partial charge is 0.652 e. The molecule has 0 aliphatic rings. The molecule has 0 unspecified atom stereocenters. The molecule has 0 amide bonds. The first-order valence-corrected chi connectivity index (χ1v) is 2.58. The maximum Gasteiger partial charge on any atom is 2.00 e. The largest absolute Gasteiger partial charge is 2.00 e. The zero-order valence-corrected chi connectivity index (χ0v) is 10.4. The van der Waals surface area contributed by atoms with Crippen molar-refractivity contribution >= 4 is 50.0 Å². The second-order valence-corrected chi connectivity index (χ2v) is 1.11. The van der Waals surface area contributed by atoms with E-state index in [4.69, 9.17) is 41.5 Å². The Bertz CT molecular complexity index is 104. The van der Waals surface area contributed by atoms with Crippen LogP contribution in [-0.4, -0.2) is 73.4 Å². The van der Waals surface area contributed by atoms with Crippen molar-refractivity contribution in [3.63, 3.8) is 0 Å².